The Morgan fingerprint density at radius 2 is 1.42 bits per heavy atom. The van der Waals surface area contributed by atoms with Gasteiger partial charge >= 0.3 is 6.03 Å². The molecule has 3 aliphatic rings. The van der Waals surface area contributed by atoms with Gasteiger partial charge in [-0.1, -0.05) is 111 Å². The first kappa shape index (κ1) is 32.3. The van der Waals surface area contributed by atoms with Crippen LogP contribution in [0.2, 0.25) is 0 Å². The van der Waals surface area contributed by atoms with Gasteiger partial charge in [-0.15, -0.1) is 0 Å². The molecule has 9 heteroatoms. The third kappa shape index (κ3) is 5.57. The van der Waals surface area contributed by atoms with Gasteiger partial charge in [0.25, 0.3) is 0 Å². The molecule has 1 aromatic heterocycles. The molecule has 1 aliphatic heterocycles. The summed E-state index contributed by atoms with van der Waals surface area (Å²) in [6.07, 6.45) is 8.43. The summed E-state index contributed by atoms with van der Waals surface area (Å²) in [5, 5.41) is 7.89. The smallest absolute Gasteiger partial charge is 0.331 e. The van der Waals surface area contributed by atoms with E-state index in [1.807, 2.05) is 91.0 Å². The maximum atomic E-state index is 16.1. The minimum Gasteiger partial charge on any atom is -0.476 e. The van der Waals surface area contributed by atoms with Gasteiger partial charge in [0.15, 0.2) is 9.92 Å². The van der Waals surface area contributed by atoms with Crippen LogP contribution < -0.4 is 14.8 Å². The van der Waals surface area contributed by atoms with E-state index >= 15 is 4.21 Å². The second kappa shape index (κ2) is 12.8. The Bertz CT molecular complexity index is 2050. The van der Waals surface area contributed by atoms with Gasteiger partial charge in [-0.25, -0.2) is 18.4 Å². The third-order valence-electron chi connectivity index (χ3n) is 10.8. The average molecular weight is 686 g/mol. The number of benzene rings is 4. The van der Waals surface area contributed by atoms with Gasteiger partial charge in [-0.05, 0) is 83.9 Å². The van der Waals surface area contributed by atoms with Crippen molar-refractivity contribution in [2.45, 2.75) is 75.8 Å². The molecule has 0 saturated carbocycles. The lowest BCUT2D eigenvalue weighted by Crippen LogP contribution is -2.39. The highest BCUT2D eigenvalue weighted by Crippen LogP contribution is 2.44. The molecule has 2 heterocycles. The molecular formula is C41H43N5O3S. The van der Waals surface area contributed by atoms with Crippen molar-refractivity contribution < 1.29 is 13.7 Å². The number of anilines is 1. The Kier molecular flexibility index (Phi) is 8.26. The van der Waals surface area contributed by atoms with Crippen LogP contribution in [0, 0.1) is 5.41 Å². The summed E-state index contributed by atoms with van der Waals surface area (Å²) < 4.78 is 32.6. The highest BCUT2D eigenvalue weighted by Gasteiger charge is 2.42. The third-order valence-corrected chi connectivity index (χ3v) is 12.7. The average Bonchev–Trinajstić information content (AvgIpc) is 3.92. The highest BCUT2D eigenvalue weighted by molar-refractivity contribution is 7.92. The van der Waals surface area contributed by atoms with Crippen molar-refractivity contribution in [3.63, 3.8) is 0 Å². The van der Waals surface area contributed by atoms with E-state index in [1.54, 1.807) is 10.9 Å². The molecule has 2 aliphatic carbocycles. The summed E-state index contributed by atoms with van der Waals surface area (Å²) in [6.45, 7) is 5.33. The normalized spacial score (nSPS) is 19.0. The second-order valence-electron chi connectivity index (χ2n) is 14.1. The number of hydrogen-bond donors (Lipinski definition) is 2. The lowest BCUT2D eigenvalue weighted by molar-refractivity contribution is 0.0783. The number of amides is 2. The van der Waals surface area contributed by atoms with E-state index in [0.717, 1.165) is 67.3 Å². The van der Waals surface area contributed by atoms with Crippen molar-refractivity contribution in [3.05, 3.63) is 142 Å². The van der Waals surface area contributed by atoms with Crippen LogP contribution in [0.5, 0.6) is 5.88 Å². The van der Waals surface area contributed by atoms with E-state index in [4.69, 9.17) is 9.10 Å². The number of ether oxygens (including phenoxy) is 1. The number of fused-ring (bicyclic) bond motifs is 3. The summed E-state index contributed by atoms with van der Waals surface area (Å²) in [6, 6.07) is 31.4. The molecule has 0 unspecified atom stereocenters. The quantitative estimate of drug-likeness (QED) is 0.161. The van der Waals surface area contributed by atoms with Crippen molar-refractivity contribution >= 4 is 21.6 Å². The first-order valence-electron chi connectivity index (χ1n) is 17.7. The van der Waals surface area contributed by atoms with E-state index < -0.39 is 21.5 Å². The number of hydrogen-bond acceptors (Lipinski definition) is 5. The van der Waals surface area contributed by atoms with Crippen molar-refractivity contribution in [2.75, 3.05) is 11.9 Å². The number of carbonyl (C=O) groups excluding carboxylic acids is 1. The number of aryl methyl sites for hydroxylation is 2. The van der Waals surface area contributed by atoms with E-state index in [1.165, 1.54) is 22.3 Å². The molecule has 256 valence electrons. The first-order valence-corrected chi connectivity index (χ1v) is 19.2. The largest absolute Gasteiger partial charge is 0.476 e. The number of urea groups is 1. The van der Waals surface area contributed by atoms with Crippen LogP contribution in [0.25, 0.3) is 0 Å². The standard InChI is InChI=1S/C41H43N5O3S/c1-3-40(2)27-46-38(49-28-40)36(26-42-46)50(48,44-39(47)43-37-34-23-13-15-29(34)25-30-16-14-24-35(30)37)45-41(31-17-7-4-8-18-31,32-19-9-5-10-20-32)33-21-11-6-12-22-33/h4-12,17-22,25-26H,3,13-16,23-24,27-28H2,1-2H3,(H2,43,44,45,47,48)/t40-,50-/m0/s1. The van der Waals surface area contributed by atoms with Crippen molar-refractivity contribution in [2.24, 2.45) is 9.78 Å². The molecule has 0 spiro atoms. The summed E-state index contributed by atoms with van der Waals surface area (Å²) >= 11 is 0. The predicted octanol–water partition coefficient (Wildman–Crippen LogP) is 8.22. The Balaban J connectivity index is 1.34. The molecule has 0 radical (unpaired) electrons. The summed E-state index contributed by atoms with van der Waals surface area (Å²) in [5.41, 5.74) is 6.91. The molecule has 8 rings (SSSR count). The Morgan fingerprint density at radius 3 is 1.94 bits per heavy atom. The van der Waals surface area contributed by atoms with Crippen LogP contribution >= 0.6 is 0 Å². The van der Waals surface area contributed by atoms with Crippen LogP contribution in [-0.4, -0.2) is 26.6 Å². The van der Waals surface area contributed by atoms with Crippen molar-refractivity contribution in [3.8, 4) is 5.88 Å². The van der Waals surface area contributed by atoms with Crippen LogP contribution in [0.15, 0.2) is 113 Å². The van der Waals surface area contributed by atoms with Crippen LogP contribution in [0.3, 0.4) is 0 Å². The van der Waals surface area contributed by atoms with E-state index in [-0.39, 0.29) is 10.3 Å². The lowest BCUT2D eigenvalue weighted by atomic mass is 9.78. The molecule has 5 aromatic rings. The zero-order valence-corrected chi connectivity index (χ0v) is 29.5. The van der Waals surface area contributed by atoms with E-state index in [2.05, 4.69) is 35.1 Å². The molecule has 50 heavy (non-hydrogen) atoms. The molecule has 0 fully saturated rings. The van der Waals surface area contributed by atoms with Crippen LogP contribution in [-0.2, 0) is 47.7 Å². The maximum absolute atomic E-state index is 16.1. The van der Waals surface area contributed by atoms with Crippen LogP contribution in [0.1, 0.15) is 72.1 Å². The number of aromatic nitrogens is 2. The fraction of sp³-hybridized carbons (Fsp3) is 0.317. The maximum Gasteiger partial charge on any atom is 0.331 e. The predicted molar refractivity (Wildman–Crippen MR) is 197 cm³/mol. The highest BCUT2D eigenvalue weighted by atomic mass is 32.2. The molecule has 2 atom stereocenters. The number of rotatable bonds is 8. The zero-order valence-electron chi connectivity index (χ0n) is 28.7. The Hall–Kier alpha value is -4.89. The fourth-order valence-electron chi connectivity index (χ4n) is 7.92. The summed E-state index contributed by atoms with van der Waals surface area (Å²) in [4.78, 5) is 14.7. The lowest BCUT2D eigenvalue weighted by Gasteiger charge is -2.34. The van der Waals surface area contributed by atoms with E-state index in [9.17, 15) is 4.79 Å². The second-order valence-corrected chi connectivity index (χ2v) is 16.0. The summed E-state index contributed by atoms with van der Waals surface area (Å²) in [5.74, 6) is 0.370. The molecule has 4 aromatic carbocycles. The number of nitrogens with one attached hydrogen (secondary N) is 2. The molecule has 0 saturated heterocycles. The fourth-order valence-corrected chi connectivity index (χ4v) is 9.77. The molecule has 0 bridgehead atoms. The van der Waals surface area contributed by atoms with Gasteiger partial charge in [-0.3, -0.25) is 0 Å². The van der Waals surface area contributed by atoms with Gasteiger partial charge in [-0.2, -0.15) is 9.46 Å². The first-order chi connectivity index (χ1) is 24.3. The van der Waals surface area contributed by atoms with Gasteiger partial charge in [0.2, 0.25) is 5.88 Å². The Morgan fingerprint density at radius 1 is 0.880 bits per heavy atom. The van der Waals surface area contributed by atoms with Gasteiger partial charge in [0.1, 0.15) is 10.4 Å². The van der Waals surface area contributed by atoms with Crippen LogP contribution in [0.4, 0.5) is 10.5 Å². The van der Waals surface area contributed by atoms with Crippen molar-refractivity contribution in [1.29, 1.82) is 0 Å². The topological polar surface area (TPSA) is 97.6 Å². The van der Waals surface area contributed by atoms with Gasteiger partial charge in [0.05, 0.1) is 19.3 Å². The molecule has 2 N–H and O–H groups in total. The number of nitrogens with zero attached hydrogens (tertiary/aromatic N) is 3. The zero-order chi connectivity index (χ0) is 34.3. The SMILES string of the molecule is CC[C@]1(C)COc2c([S@@](=O)(=NC(c3ccccc3)(c3ccccc3)c3ccccc3)NC(=O)Nc3c4c(cc5c3CCC5)CCC4)cnn2C1. The van der Waals surface area contributed by atoms with Crippen molar-refractivity contribution in [1.82, 2.24) is 14.5 Å². The molecule has 8 nitrogen and oxygen atoms in total. The van der Waals surface area contributed by atoms with Gasteiger partial charge < -0.3 is 10.1 Å². The minimum absolute atomic E-state index is 0.130. The molecular weight excluding hydrogens is 643 g/mol. The van der Waals surface area contributed by atoms with Gasteiger partial charge in [0, 0.05) is 11.1 Å². The molecule has 2 amide bonds. The van der Waals surface area contributed by atoms with E-state index in [0.29, 0.717) is 19.0 Å². The Labute approximate surface area is 294 Å². The minimum atomic E-state index is -3.80. The summed E-state index contributed by atoms with van der Waals surface area (Å²) in [7, 11) is -3.80. The number of carbonyl (C=O) groups is 1. The monoisotopic (exact) mass is 685 g/mol.